The summed E-state index contributed by atoms with van der Waals surface area (Å²) in [6.45, 7) is 4.30. The van der Waals surface area contributed by atoms with Gasteiger partial charge in [-0.1, -0.05) is 40.2 Å². The molecule has 1 aromatic heterocycles. The van der Waals surface area contributed by atoms with Gasteiger partial charge in [0.25, 0.3) is 11.5 Å². The normalized spacial score (nSPS) is 10.6. The lowest BCUT2D eigenvalue weighted by atomic mass is 10.1. The Morgan fingerprint density at radius 3 is 2.54 bits per heavy atom. The highest BCUT2D eigenvalue weighted by atomic mass is 79.9. The maximum Gasteiger partial charge on any atom is 0.263 e. The van der Waals surface area contributed by atoms with Gasteiger partial charge in [-0.15, -0.1) is 0 Å². The molecule has 0 aliphatic carbocycles. The molecule has 0 bridgehead atoms. The van der Waals surface area contributed by atoms with Gasteiger partial charge in [-0.05, 0) is 60.9 Å². The van der Waals surface area contributed by atoms with Crippen molar-refractivity contribution in [2.75, 3.05) is 5.32 Å². The highest BCUT2D eigenvalue weighted by Crippen LogP contribution is 2.17. The van der Waals surface area contributed by atoms with Crippen LogP contribution in [0.1, 0.15) is 27.0 Å². The van der Waals surface area contributed by atoms with E-state index in [1.165, 1.54) is 0 Å². The highest BCUT2D eigenvalue weighted by molar-refractivity contribution is 9.10. The Morgan fingerprint density at radius 2 is 1.81 bits per heavy atom. The van der Waals surface area contributed by atoms with Gasteiger partial charge in [0.1, 0.15) is 5.56 Å². The largest absolute Gasteiger partial charge is 0.322 e. The second-order valence-corrected chi connectivity index (χ2v) is 7.17. The summed E-state index contributed by atoms with van der Waals surface area (Å²) >= 11 is 3.40. The van der Waals surface area contributed by atoms with Gasteiger partial charge >= 0.3 is 0 Å². The zero-order chi connectivity index (χ0) is 18.7. The zero-order valence-corrected chi connectivity index (χ0v) is 16.2. The fourth-order valence-electron chi connectivity index (χ4n) is 2.68. The van der Waals surface area contributed by atoms with Crippen LogP contribution in [-0.4, -0.2) is 10.5 Å². The minimum Gasteiger partial charge on any atom is -0.322 e. The summed E-state index contributed by atoms with van der Waals surface area (Å²) in [6, 6.07) is 16.9. The SMILES string of the molecule is Cc1ccc(C)c(NC(=O)c2cccn(Cc3ccc(Br)cc3)c2=O)c1. The van der Waals surface area contributed by atoms with Crippen LogP contribution in [0.15, 0.2) is 70.1 Å². The predicted octanol–water partition coefficient (Wildman–Crippen LogP) is 4.53. The van der Waals surface area contributed by atoms with Crippen LogP contribution in [-0.2, 0) is 6.54 Å². The van der Waals surface area contributed by atoms with Gasteiger partial charge in [-0.2, -0.15) is 0 Å². The van der Waals surface area contributed by atoms with Crippen LogP contribution < -0.4 is 10.9 Å². The lowest BCUT2D eigenvalue weighted by molar-refractivity contribution is 0.102. The summed E-state index contributed by atoms with van der Waals surface area (Å²) in [6.07, 6.45) is 1.69. The summed E-state index contributed by atoms with van der Waals surface area (Å²) in [5.41, 5.74) is 3.53. The van der Waals surface area contributed by atoms with Crippen LogP contribution >= 0.6 is 15.9 Å². The molecule has 5 heteroatoms. The number of nitrogens with zero attached hydrogens (tertiary/aromatic N) is 1. The van der Waals surface area contributed by atoms with Crippen molar-refractivity contribution < 1.29 is 4.79 Å². The van der Waals surface area contributed by atoms with E-state index >= 15 is 0 Å². The Morgan fingerprint density at radius 1 is 1.08 bits per heavy atom. The quantitative estimate of drug-likeness (QED) is 0.686. The third kappa shape index (κ3) is 4.11. The van der Waals surface area contributed by atoms with Gasteiger partial charge < -0.3 is 9.88 Å². The Hall–Kier alpha value is -2.66. The first-order valence-corrected chi connectivity index (χ1v) is 9.06. The number of nitrogens with one attached hydrogen (secondary N) is 1. The average molecular weight is 411 g/mol. The van der Waals surface area contributed by atoms with Crippen molar-refractivity contribution in [1.29, 1.82) is 0 Å². The molecular weight excluding hydrogens is 392 g/mol. The molecule has 0 aliphatic rings. The van der Waals surface area contributed by atoms with Crippen molar-refractivity contribution in [2.24, 2.45) is 0 Å². The molecule has 3 rings (SSSR count). The number of anilines is 1. The van der Waals surface area contributed by atoms with E-state index in [0.29, 0.717) is 6.54 Å². The van der Waals surface area contributed by atoms with E-state index < -0.39 is 5.91 Å². The van der Waals surface area contributed by atoms with Crippen LogP contribution in [0.4, 0.5) is 5.69 Å². The van der Waals surface area contributed by atoms with E-state index in [9.17, 15) is 9.59 Å². The topological polar surface area (TPSA) is 51.1 Å². The van der Waals surface area contributed by atoms with Crippen LogP contribution in [0, 0.1) is 13.8 Å². The van der Waals surface area contributed by atoms with Crippen molar-refractivity contribution in [2.45, 2.75) is 20.4 Å². The summed E-state index contributed by atoms with van der Waals surface area (Å²) in [7, 11) is 0. The van der Waals surface area contributed by atoms with Gasteiger partial charge in [0, 0.05) is 16.4 Å². The minimum absolute atomic E-state index is 0.130. The lowest BCUT2D eigenvalue weighted by Crippen LogP contribution is -2.29. The fourth-order valence-corrected chi connectivity index (χ4v) is 2.95. The van der Waals surface area contributed by atoms with Gasteiger partial charge in [0.2, 0.25) is 0 Å². The molecule has 0 aliphatic heterocycles. The zero-order valence-electron chi connectivity index (χ0n) is 14.6. The molecule has 2 aromatic carbocycles. The van der Waals surface area contributed by atoms with E-state index in [4.69, 9.17) is 0 Å². The molecule has 1 N–H and O–H groups in total. The Balaban J connectivity index is 1.86. The summed E-state index contributed by atoms with van der Waals surface area (Å²) in [4.78, 5) is 25.3. The number of benzene rings is 2. The molecule has 26 heavy (non-hydrogen) atoms. The maximum atomic E-state index is 12.7. The first-order valence-electron chi connectivity index (χ1n) is 8.26. The van der Waals surface area contributed by atoms with Crippen molar-refractivity contribution in [3.05, 3.63) is 97.9 Å². The number of carbonyl (C=O) groups excluding carboxylic acids is 1. The summed E-state index contributed by atoms with van der Waals surface area (Å²) in [5.74, 6) is -0.395. The number of hydrogen-bond donors (Lipinski definition) is 1. The molecule has 0 radical (unpaired) electrons. The number of halogens is 1. The molecule has 3 aromatic rings. The van der Waals surface area contributed by atoms with E-state index in [1.54, 1.807) is 22.9 Å². The first kappa shape index (κ1) is 18.1. The molecule has 1 amide bonds. The molecule has 0 saturated carbocycles. The number of aromatic nitrogens is 1. The smallest absolute Gasteiger partial charge is 0.263 e. The van der Waals surface area contributed by atoms with E-state index in [1.807, 2.05) is 56.3 Å². The number of amides is 1. The number of rotatable bonds is 4. The molecule has 4 nitrogen and oxygen atoms in total. The second-order valence-electron chi connectivity index (χ2n) is 6.25. The second kappa shape index (κ2) is 7.70. The molecule has 132 valence electrons. The van der Waals surface area contributed by atoms with Crippen molar-refractivity contribution in [3.63, 3.8) is 0 Å². The molecule has 0 saturated heterocycles. The summed E-state index contributed by atoms with van der Waals surface area (Å²) < 4.78 is 2.52. The van der Waals surface area contributed by atoms with Crippen molar-refractivity contribution in [3.8, 4) is 0 Å². The van der Waals surface area contributed by atoms with E-state index in [2.05, 4.69) is 21.2 Å². The number of carbonyl (C=O) groups is 1. The van der Waals surface area contributed by atoms with Gasteiger partial charge in [0.05, 0.1) is 6.54 Å². The Bertz CT molecular complexity index is 1010. The van der Waals surface area contributed by atoms with Crippen LogP contribution in [0.3, 0.4) is 0 Å². The van der Waals surface area contributed by atoms with Crippen LogP contribution in [0.5, 0.6) is 0 Å². The highest BCUT2D eigenvalue weighted by Gasteiger charge is 2.13. The number of hydrogen-bond acceptors (Lipinski definition) is 2. The van der Waals surface area contributed by atoms with Crippen LogP contribution in [0.25, 0.3) is 0 Å². The monoisotopic (exact) mass is 410 g/mol. The van der Waals surface area contributed by atoms with E-state index in [-0.39, 0.29) is 11.1 Å². The van der Waals surface area contributed by atoms with E-state index in [0.717, 1.165) is 26.9 Å². The third-order valence-electron chi connectivity index (χ3n) is 4.17. The predicted molar refractivity (Wildman–Crippen MR) is 108 cm³/mol. The van der Waals surface area contributed by atoms with Gasteiger partial charge in [-0.25, -0.2) is 0 Å². The molecule has 0 fully saturated rings. The summed E-state index contributed by atoms with van der Waals surface area (Å²) in [5, 5.41) is 2.85. The molecule has 1 heterocycles. The van der Waals surface area contributed by atoms with Gasteiger partial charge in [-0.3, -0.25) is 9.59 Å². The standard InChI is InChI=1S/C21H19BrN2O2/c1-14-5-6-15(2)19(12-14)23-20(25)18-4-3-11-24(21(18)26)13-16-7-9-17(22)10-8-16/h3-12H,13H2,1-2H3,(H,23,25). The Kier molecular flexibility index (Phi) is 5.38. The molecule has 0 spiro atoms. The maximum absolute atomic E-state index is 12.7. The molecule has 0 unspecified atom stereocenters. The van der Waals surface area contributed by atoms with Crippen molar-refractivity contribution in [1.82, 2.24) is 4.57 Å². The van der Waals surface area contributed by atoms with Gasteiger partial charge in [0.15, 0.2) is 0 Å². The van der Waals surface area contributed by atoms with Crippen LogP contribution in [0.2, 0.25) is 0 Å². The Labute approximate surface area is 160 Å². The average Bonchev–Trinajstić information content (AvgIpc) is 2.62. The van der Waals surface area contributed by atoms with Crippen molar-refractivity contribution >= 4 is 27.5 Å². The first-order chi connectivity index (χ1) is 12.4. The minimum atomic E-state index is -0.395. The number of pyridine rings is 1. The molecule has 0 atom stereocenters. The number of aryl methyl sites for hydroxylation is 2. The fraction of sp³-hybridized carbons (Fsp3) is 0.143. The third-order valence-corrected chi connectivity index (χ3v) is 4.70. The lowest BCUT2D eigenvalue weighted by Gasteiger charge is -2.11. The molecular formula is C21H19BrN2O2.